The zero-order valence-electron chi connectivity index (χ0n) is 13.7. The lowest BCUT2D eigenvalue weighted by Gasteiger charge is -2.13. The smallest absolute Gasteiger partial charge is 0.241 e. The molecule has 0 bridgehead atoms. The number of benzene rings is 2. The number of rotatable bonds is 7. The summed E-state index contributed by atoms with van der Waals surface area (Å²) in [6.45, 7) is 1.81. The number of sulfonamides is 1. The Balaban J connectivity index is 2.08. The molecule has 4 N–H and O–H groups in total. The van der Waals surface area contributed by atoms with Gasteiger partial charge in [0.15, 0.2) is 0 Å². The summed E-state index contributed by atoms with van der Waals surface area (Å²) >= 11 is 0. The SMILES string of the molecule is CCNS(=O)(=O)c1ccc(NC(=O)[C@@H](N)Cc2ccccc2)c(F)c1. The second-order valence-corrected chi connectivity index (χ2v) is 7.20. The maximum atomic E-state index is 14.1. The number of carbonyl (C=O) groups excluding carboxylic acids is 1. The van der Waals surface area contributed by atoms with Crippen LogP contribution in [0.4, 0.5) is 10.1 Å². The van der Waals surface area contributed by atoms with E-state index < -0.39 is 27.8 Å². The van der Waals surface area contributed by atoms with Gasteiger partial charge >= 0.3 is 0 Å². The summed E-state index contributed by atoms with van der Waals surface area (Å²) in [5.41, 5.74) is 6.61. The molecule has 6 nitrogen and oxygen atoms in total. The normalized spacial score (nSPS) is 12.6. The molecule has 25 heavy (non-hydrogen) atoms. The number of amides is 1. The molecule has 0 aliphatic carbocycles. The van der Waals surface area contributed by atoms with Gasteiger partial charge < -0.3 is 11.1 Å². The van der Waals surface area contributed by atoms with E-state index in [4.69, 9.17) is 5.73 Å². The summed E-state index contributed by atoms with van der Waals surface area (Å²) in [4.78, 5) is 11.9. The molecule has 134 valence electrons. The highest BCUT2D eigenvalue weighted by Gasteiger charge is 2.18. The van der Waals surface area contributed by atoms with Gasteiger partial charge in [0.2, 0.25) is 15.9 Å². The number of carbonyl (C=O) groups is 1. The Morgan fingerprint density at radius 1 is 1.20 bits per heavy atom. The van der Waals surface area contributed by atoms with Crippen LogP contribution in [-0.2, 0) is 21.2 Å². The topological polar surface area (TPSA) is 101 Å². The van der Waals surface area contributed by atoms with Crippen LogP contribution in [0.3, 0.4) is 0 Å². The van der Waals surface area contributed by atoms with Crippen LogP contribution >= 0.6 is 0 Å². The van der Waals surface area contributed by atoms with Crippen molar-refractivity contribution in [1.29, 1.82) is 0 Å². The number of nitrogens with two attached hydrogens (primary N) is 1. The van der Waals surface area contributed by atoms with Crippen molar-refractivity contribution in [3.8, 4) is 0 Å². The van der Waals surface area contributed by atoms with Crippen molar-refractivity contribution in [3.63, 3.8) is 0 Å². The molecule has 0 aliphatic rings. The van der Waals surface area contributed by atoms with Gasteiger partial charge in [-0.2, -0.15) is 0 Å². The largest absolute Gasteiger partial charge is 0.322 e. The number of halogens is 1. The quantitative estimate of drug-likeness (QED) is 0.694. The monoisotopic (exact) mass is 365 g/mol. The van der Waals surface area contributed by atoms with Crippen LogP contribution in [0.25, 0.3) is 0 Å². The van der Waals surface area contributed by atoms with Crippen LogP contribution in [-0.4, -0.2) is 26.9 Å². The Bertz CT molecular complexity index is 841. The third kappa shape index (κ3) is 5.09. The molecule has 0 saturated carbocycles. The van der Waals surface area contributed by atoms with Gasteiger partial charge in [-0.05, 0) is 30.2 Å². The molecule has 0 saturated heterocycles. The molecule has 0 radical (unpaired) electrons. The lowest BCUT2D eigenvalue weighted by Crippen LogP contribution is -2.37. The first kappa shape index (κ1) is 19.0. The van der Waals surface area contributed by atoms with Gasteiger partial charge in [0.25, 0.3) is 0 Å². The highest BCUT2D eigenvalue weighted by molar-refractivity contribution is 7.89. The Morgan fingerprint density at radius 3 is 2.48 bits per heavy atom. The third-order valence-electron chi connectivity index (χ3n) is 3.48. The highest BCUT2D eigenvalue weighted by atomic mass is 32.2. The predicted molar refractivity (Wildman–Crippen MR) is 94.0 cm³/mol. The fraction of sp³-hybridized carbons (Fsp3) is 0.235. The second kappa shape index (κ2) is 8.19. The molecule has 0 aromatic heterocycles. The fourth-order valence-electron chi connectivity index (χ4n) is 2.22. The van der Waals surface area contributed by atoms with Crippen molar-refractivity contribution in [2.24, 2.45) is 5.73 Å². The first-order valence-electron chi connectivity index (χ1n) is 7.73. The van der Waals surface area contributed by atoms with E-state index in [2.05, 4.69) is 10.0 Å². The van der Waals surface area contributed by atoms with Gasteiger partial charge in [-0.25, -0.2) is 17.5 Å². The van der Waals surface area contributed by atoms with Gasteiger partial charge in [0.1, 0.15) is 5.82 Å². The average Bonchev–Trinajstić information content (AvgIpc) is 2.57. The van der Waals surface area contributed by atoms with E-state index in [0.29, 0.717) is 6.42 Å². The van der Waals surface area contributed by atoms with Gasteiger partial charge in [-0.3, -0.25) is 4.79 Å². The van der Waals surface area contributed by atoms with E-state index >= 15 is 0 Å². The van der Waals surface area contributed by atoms with Gasteiger partial charge in [0.05, 0.1) is 16.6 Å². The molecule has 2 aromatic carbocycles. The van der Waals surface area contributed by atoms with Crippen molar-refractivity contribution in [1.82, 2.24) is 4.72 Å². The Hall–Kier alpha value is -2.29. The van der Waals surface area contributed by atoms with Gasteiger partial charge in [0, 0.05) is 6.54 Å². The van der Waals surface area contributed by atoms with E-state index in [0.717, 1.165) is 11.6 Å². The Morgan fingerprint density at radius 2 is 1.88 bits per heavy atom. The first-order valence-corrected chi connectivity index (χ1v) is 9.21. The Kier molecular flexibility index (Phi) is 6.24. The van der Waals surface area contributed by atoms with Gasteiger partial charge in [-0.15, -0.1) is 0 Å². The van der Waals surface area contributed by atoms with Gasteiger partial charge in [-0.1, -0.05) is 37.3 Å². The van der Waals surface area contributed by atoms with Crippen molar-refractivity contribution in [2.75, 3.05) is 11.9 Å². The summed E-state index contributed by atoms with van der Waals surface area (Å²) in [6.07, 6.45) is 0.307. The molecule has 8 heteroatoms. The minimum atomic E-state index is -3.76. The molecular weight excluding hydrogens is 345 g/mol. The highest BCUT2D eigenvalue weighted by Crippen LogP contribution is 2.19. The van der Waals surface area contributed by atoms with Crippen molar-refractivity contribution >= 4 is 21.6 Å². The molecule has 0 fully saturated rings. The van der Waals surface area contributed by atoms with E-state index in [-0.39, 0.29) is 17.1 Å². The molecule has 0 unspecified atom stereocenters. The number of anilines is 1. The summed E-state index contributed by atoms with van der Waals surface area (Å²) in [6, 6.07) is 11.6. The molecule has 1 atom stereocenters. The second-order valence-electron chi connectivity index (χ2n) is 5.43. The minimum absolute atomic E-state index is 0.121. The van der Waals surface area contributed by atoms with Crippen LogP contribution in [0.1, 0.15) is 12.5 Å². The predicted octanol–water partition coefficient (Wildman–Crippen LogP) is 1.63. The maximum absolute atomic E-state index is 14.1. The van der Waals surface area contributed by atoms with Crippen LogP contribution < -0.4 is 15.8 Å². The summed E-state index contributed by atoms with van der Waals surface area (Å²) in [5, 5.41) is 2.39. The molecule has 0 aliphatic heterocycles. The van der Waals surface area contributed by atoms with Crippen molar-refractivity contribution < 1.29 is 17.6 Å². The summed E-state index contributed by atoms with van der Waals surface area (Å²) in [7, 11) is -3.76. The summed E-state index contributed by atoms with van der Waals surface area (Å²) in [5.74, 6) is -1.40. The number of hydrogen-bond donors (Lipinski definition) is 3. The summed E-state index contributed by atoms with van der Waals surface area (Å²) < 4.78 is 40.1. The number of nitrogens with one attached hydrogen (secondary N) is 2. The molecule has 0 spiro atoms. The molecule has 2 rings (SSSR count). The van der Waals surface area contributed by atoms with E-state index in [1.807, 2.05) is 30.3 Å². The lowest BCUT2D eigenvalue weighted by molar-refractivity contribution is -0.117. The number of hydrogen-bond acceptors (Lipinski definition) is 4. The third-order valence-corrected chi connectivity index (χ3v) is 5.02. The molecule has 0 heterocycles. The Labute approximate surface area is 146 Å². The zero-order valence-corrected chi connectivity index (χ0v) is 14.5. The van der Waals surface area contributed by atoms with E-state index in [1.54, 1.807) is 6.92 Å². The average molecular weight is 365 g/mol. The standard InChI is InChI=1S/C17H20FN3O3S/c1-2-20-25(23,24)13-8-9-16(14(18)11-13)21-17(22)15(19)10-12-6-4-3-5-7-12/h3-9,11,15,20H,2,10,19H2,1H3,(H,21,22)/t15-/m0/s1. The van der Waals surface area contributed by atoms with E-state index in [1.165, 1.54) is 12.1 Å². The lowest BCUT2D eigenvalue weighted by atomic mass is 10.1. The maximum Gasteiger partial charge on any atom is 0.241 e. The van der Waals surface area contributed by atoms with Crippen LogP contribution in [0.5, 0.6) is 0 Å². The fourth-order valence-corrected chi connectivity index (χ4v) is 3.28. The first-order chi connectivity index (χ1) is 11.8. The van der Waals surface area contributed by atoms with E-state index in [9.17, 15) is 17.6 Å². The molecular formula is C17H20FN3O3S. The minimum Gasteiger partial charge on any atom is -0.322 e. The molecule has 1 amide bonds. The molecule has 2 aromatic rings. The van der Waals surface area contributed by atoms with Crippen LogP contribution in [0.15, 0.2) is 53.4 Å². The van der Waals surface area contributed by atoms with Crippen LogP contribution in [0, 0.1) is 5.82 Å². The van der Waals surface area contributed by atoms with Crippen molar-refractivity contribution in [2.45, 2.75) is 24.3 Å². The van der Waals surface area contributed by atoms with Crippen LogP contribution in [0.2, 0.25) is 0 Å². The zero-order chi connectivity index (χ0) is 18.4. The van der Waals surface area contributed by atoms with Crippen molar-refractivity contribution in [3.05, 3.63) is 59.9 Å².